The van der Waals surface area contributed by atoms with E-state index in [0.717, 1.165) is 55.3 Å². The van der Waals surface area contributed by atoms with Crippen LogP contribution < -0.4 is 0 Å². The summed E-state index contributed by atoms with van der Waals surface area (Å²) >= 11 is 1.86. The fourth-order valence-electron chi connectivity index (χ4n) is 9.97. The van der Waals surface area contributed by atoms with Crippen LogP contribution in [-0.2, 0) is 0 Å². The Labute approximate surface area is 396 Å². The Morgan fingerprint density at radius 1 is 0.412 bits per heavy atom. The van der Waals surface area contributed by atoms with Crippen LogP contribution in [0.15, 0.2) is 211 Å². The summed E-state index contributed by atoms with van der Waals surface area (Å²) in [6.45, 7) is 4.25. The second kappa shape index (κ2) is 16.2. The average Bonchev–Trinajstić information content (AvgIpc) is 4.07. The largest absolute Gasteiger partial charge is 0.456 e. The zero-order chi connectivity index (χ0) is 45.3. The van der Waals surface area contributed by atoms with E-state index >= 15 is 0 Å². The molecule has 0 spiro atoms. The Kier molecular flexibility index (Phi) is 9.48. The summed E-state index contributed by atoms with van der Waals surface area (Å²) in [6.07, 6.45) is 1.25. The highest BCUT2D eigenvalue weighted by Gasteiger charge is 2.21. The van der Waals surface area contributed by atoms with Crippen molar-refractivity contribution < 1.29 is 4.42 Å². The van der Waals surface area contributed by atoms with Crippen LogP contribution in [0.2, 0.25) is 0 Å². The standard InChI is InChI=1S/C59H34N4OS.C3H8/c1-2-13-36(14-3-1)57-60-58(62-59(61-57)41-24-27-46-45-20-8-9-23-51(45)64-52(46)34-41)40-17-10-18-42(30-40)63-50-33-38-16-5-4-15-37(38)31-48(50)47-22-11-21-44(56(47)63)39-26-28-53-49(32-39)55-43-19-7-6-12-35(43)25-29-54(55)65-53;1-3-2/h1-34H;3H2,1-2H3. The van der Waals surface area contributed by atoms with Crippen LogP contribution in [0, 0.1) is 0 Å². The van der Waals surface area contributed by atoms with Crippen LogP contribution in [-0.4, -0.2) is 19.5 Å². The minimum Gasteiger partial charge on any atom is -0.456 e. The summed E-state index contributed by atoms with van der Waals surface area (Å²) in [5.74, 6) is 1.78. The highest BCUT2D eigenvalue weighted by Crippen LogP contribution is 2.44. The molecule has 0 saturated heterocycles. The molecule has 0 aliphatic rings. The number of hydrogen-bond acceptors (Lipinski definition) is 5. The van der Waals surface area contributed by atoms with Crippen LogP contribution >= 0.6 is 11.3 Å². The zero-order valence-corrected chi connectivity index (χ0v) is 38.3. The van der Waals surface area contributed by atoms with E-state index in [1.165, 1.54) is 70.0 Å². The normalized spacial score (nSPS) is 11.7. The molecule has 4 aromatic heterocycles. The predicted octanol–water partition coefficient (Wildman–Crippen LogP) is 17.6. The lowest BCUT2D eigenvalue weighted by Gasteiger charge is -2.14. The van der Waals surface area contributed by atoms with E-state index in [-0.39, 0.29) is 0 Å². The van der Waals surface area contributed by atoms with Gasteiger partial charge in [0.05, 0.1) is 11.0 Å². The Morgan fingerprint density at radius 3 is 1.85 bits per heavy atom. The summed E-state index contributed by atoms with van der Waals surface area (Å²) in [4.78, 5) is 15.5. The number of rotatable bonds is 5. The average molecular weight is 891 g/mol. The summed E-state index contributed by atoms with van der Waals surface area (Å²) in [6, 6.07) is 73.5. The van der Waals surface area contributed by atoms with Crippen molar-refractivity contribution in [3.8, 4) is 51.0 Å². The van der Waals surface area contributed by atoms with E-state index in [9.17, 15) is 0 Å². The summed E-state index contributed by atoms with van der Waals surface area (Å²) in [7, 11) is 0. The number of benzene rings is 10. The second-order valence-corrected chi connectivity index (χ2v) is 18.5. The van der Waals surface area contributed by atoms with E-state index in [2.05, 4.69) is 170 Å². The van der Waals surface area contributed by atoms with Gasteiger partial charge in [-0.1, -0.05) is 166 Å². The van der Waals surface area contributed by atoms with Gasteiger partial charge in [-0.2, -0.15) is 0 Å². The van der Waals surface area contributed by atoms with Gasteiger partial charge in [0.25, 0.3) is 0 Å². The molecule has 0 aliphatic carbocycles. The molecule has 14 rings (SSSR count). The van der Waals surface area contributed by atoms with Gasteiger partial charge < -0.3 is 8.98 Å². The molecule has 0 radical (unpaired) electrons. The molecule has 0 fully saturated rings. The van der Waals surface area contributed by atoms with Crippen LogP contribution in [0.25, 0.3) is 136 Å². The van der Waals surface area contributed by atoms with Gasteiger partial charge in [0.2, 0.25) is 0 Å². The second-order valence-electron chi connectivity index (χ2n) is 17.5. The van der Waals surface area contributed by atoms with Crippen molar-refractivity contribution in [1.82, 2.24) is 19.5 Å². The first-order valence-corrected chi connectivity index (χ1v) is 24.1. The topological polar surface area (TPSA) is 56.7 Å². The third-order valence-corrected chi connectivity index (χ3v) is 14.1. The number of para-hydroxylation sites is 2. The van der Waals surface area contributed by atoms with Crippen LogP contribution in [0.4, 0.5) is 0 Å². The first-order valence-electron chi connectivity index (χ1n) is 23.2. The van der Waals surface area contributed by atoms with Crippen LogP contribution in [0.3, 0.4) is 0 Å². The van der Waals surface area contributed by atoms with Gasteiger partial charge in [-0.3, -0.25) is 0 Å². The summed E-state index contributed by atoms with van der Waals surface area (Å²) in [5, 5.41) is 12.1. The maximum absolute atomic E-state index is 6.32. The van der Waals surface area contributed by atoms with Crippen molar-refractivity contribution in [1.29, 1.82) is 0 Å². The quantitative estimate of drug-likeness (QED) is 0.173. The number of thiophene rings is 1. The van der Waals surface area contributed by atoms with E-state index in [1.54, 1.807) is 0 Å². The molecule has 0 aliphatic heterocycles. The lowest BCUT2D eigenvalue weighted by atomic mass is 9.98. The molecule has 68 heavy (non-hydrogen) atoms. The third kappa shape index (κ3) is 6.56. The molecule has 10 aromatic carbocycles. The molecule has 6 heteroatoms. The van der Waals surface area contributed by atoms with Crippen molar-refractivity contribution in [2.24, 2.45) is 0 Å². The Balaban J connectivity index is 0.00000149. The Hall–Kier alpha value is -8.45. The van der Waals surface area contributed by atoms with E-state index in [4.69, 9.17) is 19.4 Å². The fourth-order valence-corrected chi connectivity index (χ4v) is 11.1. The highest BCUT2D eigenvalue weighted by molar-refractivity contribution is 7.26. The molecule has 4 heterocycles. The van der Waals surface area contributed by atoms with Crippen LogP contribution in [0.5, 0.6) is 0 Å². The van der Waals surface area contributed by atoms with Gasteiger partial charge in [-0.25, -0.2) is 15.0 Å². The first-order chi connectivity index (χ1) is 33.6. The maximum atomic E-state index is 6.32. The molecule has 5 nitrogen and oxygen atoms in total. The highest BCUT2D eigenvalue weighted by atomic mass is 32.1. The summed E-state index contributed by atoms with van der Waals surface area (Å²) in [5.41, 5.74) is 9.97. The molecule has 322 valence electrons. The van der Waals surface area contributed by atoms with Crippen molar-refractivity contribution in [3.63, 3.8) is 0 Å². The maximum Gasteiger partial charge on any atom is 0.164 e. The Morgan fingerprint density at radius 2 is 1.03 bits per heavy atom. The van der Waals surface area contributed by atoms with Gasteiger partial charge in [-0.05, 0) is 87.8 Å². The predicted molar refractivity (Wildman–Crippen MR) is 287 cm³/mol. The molecule has 0 amide bonds. The van der Waals surface area contributed by atoms with Crippen molar-refractivity contribution in [3.05, 3.63) is 206 Å². The molecule has 0 atom stereocenters. The first kappa shape index (κ1) is 39.9. The van der Waals surface area contributed by atoms with Crippen molar-refractivity contribution in [2.75, 3.05) is 0 Å². The fraction of sp³-hybridized carbons (Fsp3) is 0.0484. The third-order valence-electron chi connectivity index (χ3n) is 13.0. The van der Waals surface area contributed by atoms with Crippen molar-refractivity contribution >= 4 is 96.8 Å². The molecular formula is C62H42N4OS. The minimum absolute atomic E-state index is 0.580. The molecule has 0 saturated carbocycles. The minimum atomic E-state index is 0.580. The molecular weight excluding hydrogens is 849 g/mol. The molecule has 0 unspecified atom stereocenters. The molecule has 14 aromatic rings. The van der Waals surface area contributed by atoms with Gasteiger partial charge in [0, 0.05) is 69.7 Å². The molecule has 0 N–H and O–H groups in total. The summed E-state index contributed by atoms with van der Waals surface area (Å²) < 4.78 is 11.4. The van der Waals surface area contributed by atoms with E-state index in [1.807, 2.05) is 65.9 Å². The van der Waals surface area contributed by atoms with E-state index in [0.29, 0.717) is 17.5 Å². The van der Waals surface area contributed by atoms with Crippen LogP contribution in [0.1, 0.15) is 20.3 Å². The number of fused-ring (bicyclic) bond motifs is 12. The number of aromatic nitrogens is 4. The number of furan rings is 1. The van der Waals surface area contributed by atoms with Crippen molar-refractivity contribution in [2.45, 2.75) is 20.3 Å². The number of hydrogen-bond donors (Lipinski definition) is 0. The Bertz CT molecular complexity index is 4280. The van der Waals surface area contributed by atoms with Gasteiger partial charge in [0.15, 0.2) is 17.5 Å². The lowest BCUT2D eigenvalue weighted by Crippen LogP contribution is -2.01. The van der Waals surface area contributed by atoms with E-state index < -0.39 is 0 Å². The zero-order valence-electron chi connectivity index (χ0n) is 37.4. The van der Waals surface area contributed by atoms with Gasteiger partial charge in [-0.15, -0.1) is 11.3 Å². The number of nitrogens with zero attached hydrogens (tertiary/aromatic N) is 4. The lowest BCUT2D eigenvalue weighted by molar-refractivity contribution is 0.669. The van der Waals surface area contributed by atoms with Gasteiger partial charge in [0.1, 0.15) is 11.2 Å². The SMILES string of the molecule is CCC.c1ccc(-c2nc(-c3cccc(-n4c5cc6ccccc6cc5c5cccc(-c6ccc7sc8ccc9ccccc9c8c7c6)c54)c3)nc(-c3ccc4c(c3)oc3ccccc34)n2)cc1. The molecule has 0 bridgehead atoms. The monoisotopic (exact) mass is 890 g/mol. The smallest absolute Gasteiger partial charge is 0.164 e. The van der Waals surface area contributed by atoms with Gasteiger partial charge >= 0.3 is 0 Å².